The highest BCUT2D eigenvalue weighted by Gasteiger charge is 2.15. The molecule has 0 N–H and O–H groups in total. The number of hydrogen-bond donors (Lipinski definition) is 0. The second-order valence-electron chi connectivity index (χ2n) is 9.39. The van der Waals surface area contributed by atoms with E-state index in [1.54, 1.807) is 48.5 Å². The van der Waals surface area contributed by atoms with Crippen LogP contribution in [0.15, 0.2) is 91.5 Å². The second-order valence-corrected chi connectivity index (χ2v) is 9.39. The average molecular weight is 531 g/mol. The van der Waals surface area contributed by atoms with E-state index in [2.05, 4.69) is 13.5 Å². The third kappa shape index (κ3) is 7.32. The Kier molecular flexibility index (Phi) is 9.85. The van der Waals surface area contributed by atoms with Crippen LogP contribution in [0.25, 0.3) is 22.3 Å². The molecule has 0 radical (unpaired) electrons. The Hall–Kier alpha value is -3.99. The molecule has 4 rings (SSSR count). The molecule has 0 fully saturated rings. The minimum atomic E-state index is -0.846. The molecule has 0 bridgehead atoms. The first kappa shape index (κ1) is 28.0. The lowest BCUT2D eigenvalue weighted by Crippen LogP contribution is -2.00. The monoisotopic (exact) mass is 530 g/mol. The highest BCUT2D eigenvalue weighted by molar-refractivity contribution is 5.66. The topological polar surface area (TPSA) is 18.5 Å². The number of hydrogen-bond acceptors (Lipinski definition) is 2. The van der Waals surface area contributed by atoms with Gasteiger partial charge in [0.15, 0.2) is 23.2 Å². The molecule has 0 amide bonds. The number of aryl methyl sites for hydroxylation is 2. The van der Waals surface area contributed by atoms with Crippen molar-refractivity contribution in [2.45, 2.75) is 39.0 Å². The van der Waals surface area contributed by atoms with Gasteiger partial charge in [-0.3, -0.25) is 0 Å². The third-order valence-corrected chi connectivity index (χ3v) is 6.58. The molecule has 0 saturated carbocycles. The van der Waals surface area contributed by atoms with Gasteiger partial charge in [-0.1, -0.05) is 74.0 Å². The van der Waals surface area contributed by atoms with Crippen LogP contribution >= 0.6 is 0 Å². The number of benzene rings is 4. The van der Waals surface area contributed by atoms with Gasteiger partial charge < -0.3 is 9.47 Å². The molecule has 0 saturated heterocycles. The number of ether oxygens (including phenoxy) is 2. The van der Waals surface area contributed by atoms with E-state index in [0.717, 1.165) is 29.5 Å². The van der Waals surface area contributed by atoms with Crippen molar-refractivity contribution in [1.29, 1.82) is 0 Å². The Labute approximate surface area is 228 Å². The first-order chi connectivity index (χ1) is 19.0. The summed E-state index contributed by atoms with van der Waals surface area (Å²) in [5.41, 5.74) is 3.73. The maximum atomic E-state index is 15.0. The molecule has 0 aliphatic rings. The SMILES string of the molecule is C=CCCOc1ccc(-c2ccc(CCc3ccc(-c4ccc(OCCCC)cc4)c(F)c3F)cc2)cc1F. The van der Waals surface area contributed by atoms with Gasteiger partial charge in [-0.2, -0.15) is 0 Å². The van der Waals surface area contributed by atoms with Crippen LogP contribution in [-0.4, -0.2) is 13.2 Å². The second kappa shape index (κ2) is 13.7. The summed E-state index contributed by atoms with van der Waals surface area (Å²) in [5.74, 6) is -1.16. The molecule has 0 atom stereocenters. The first-order valence-corrected chi connectivity index (χ1v) is 13.3. The molecule has 0 aromatic heterocycles. The minimum Gasteiger partial charge on any atom is -0.494 e. The van der Waals surface area contributed by atoms with Gasteiger partial charge in [0.2, 0.25) is 0 Å². The maximum Gasteiger partial charge on any atom is 0.166 e. The summed E-state index contributed by atoms with van der Waals surface area (Å²) in [4.78, 5) is 0. The van der Waals surface area contributed by atoms with E-state index in [0.29, 0.717) is 49.4 Å². The normalized spacial score (nSPS) is 10.9. The van der Waals surface area contributed by atoms with Crippen LogP contribution in [0.2, 0.25) is 0 Å². The summed E-state index contributed by atoms with van der Waals surface area (Å²) in [5, 5.41) is 0. The van der Waals surface area contributed by atoms with Crippen LogP contribution in [0.3, 0.4) is 0 Å². The molecule has 4 aromatic carbocycles. The summed E-state index contributed by atoms with van der Waals surface area (Å²) in [6.45, 7) is 6.73. The van der Waals surface area contributed by atoms with Crippen molar-refractivity contribution >= 4 is 0 Å². The summed E-state index contributed by atoms with van der Waals surface area (Å²) in [6, 6.07) is 22.9. The molecular formula is C34H33F3O2. The summed E-state index contributed by atoms with van der Waals surface area (Å²) >= 11 is 0. The number of unbranched alkanes of at least 4 members (excludes halogenated alkanes) is 1. The van der Waals surface area contributed by atoms with Crippen LogP contribution in [0.4, 0.5) is 13.2 Å². The zero-order chi connectivity index (χ0) is 27.6. The lowest BCUT2D eigenvalue weighted by Gasteiger charge is -2.11. The zero-order valence-electron chi connectivity index (χ0n) is 22.2. The van der Waals surface area contributed by atoms with Crippen molar-refractivity contribution in [2.75, 3.05) is 13.2 Å². The number of rotatable bonds is 13. The molecular weight excluding hydrogens is 497 g/mol. The summed E-state index contributed by atoms with van der Waals surface area (Å²) < 4.78 is 55.4. The lowest BCUT2D eigenvalue weighted by molar-refractivity contribution is 0.308. The van der Waals surface area contributed by atoms with E-state index in [9.17, 15) is 13.2 Å². The van der Waals surface area contributed by atoms with E-state index < -0.39 is 17.5 Å². The Bertz CT molecular complexity index is 1380. The fourth-order valence-electron chi connectivity index (χ4n) is 4.26. The van der Waals surface area contributed by atoms with Crippen LogP contribution in [0.1, 0.15) is 37.3 Å². The fourth-order valence-corrected chi connectivity index (χ4v) is 4.26. The Morgan fingerprint density at radius 3 is 2.13 bits per heavy atom. The van der Waals surface area contributed by atoms with Crippen LogP contribution in [0, 0.1) is 17.5 Å². The molecule has 4 aromatic rings. The van der Waals surface area contributed by atoms with E-state index in [1.807, 2.05) is 30.3 Å². The predicted octanol–water partition coefficient (Wildman–Crippen LogP) is 9.36. The highest BCUT2D eigenvalue weighted by atomic mass is 19.2. The molecule has 39 heavy (non-hydrogen) atoms. The van der Waals surface area contributed by atoms with Gasteiger partial charge in [-0.25, -0.2) is 13.2 Å². The molecule has 0 unspecified atom stereocenters. The first-order valence-electron chi connectivity index (χ1n) is 13.3. The van der Waals surface area contributed by atoms with Gasteiger partial charge in [0.1, 0.15) is 5.75 Å². The van der Waals surface area contributed by atoms with Crippen molar-refractivity contribution < 1.29 is 22.6 Å². The molecule has 0 heterocycles. The highest BCUT2D eigenvalue weighted by Crippen LogP contribution is 2.29. The quantitative estimate of drug-likeness (QED) is 0.127. The van der Waals surface area contributed by atoms with E-state index in [-0.39, 0.29) is 11.3 Å². The van der Waals surface area contributed by atoms with Crippen molar-refractivity contribution in [2.24, 2.45) is 0 Å². The van der Waals surface area contributed by atoms with Crippen molar-refractivity contribution in [3.63, 3.8) is 0 Å². The van der Waals surface area contributed by atoms with Gasteiger partial charge >= 0.3 is 0 Å². The third-order valence-electron chi connectivity index (χ3n) is 6.58. The largest absolute Gasteiger partial charge is 0.494 e. The van der Waals surface area contributed by atoms with Gasteiger partial charge in [0.05, 0.1) is 13.2 Å². The van der Waals surface area contributed by atoms with Crippen LogP contribution < -0.4 is 9.47 Å². The predicted molar refractivity (Wildman–Crippen MR) is 152 cm³/mol. The van der Waals surface area contributed by atoms with Crippen molar-refractivity contribution in [1.82, 2.24) is 0 Å². The smallest absolute Gasteiger partial charge is 0.166 e. The van der Waals surface area contributed by atoms with Crippen LogP contribution in [0.5, 0.6) is 11.5 Å². The number of halogens is 3. The van der Waals surface area contributed by atoms with E-state index in [4.69, 9.17) is 9.47 Å². The molecule has 5 heteroatoms. The standard InChI is InChI=1S/C34H33F3O2/c1-3-5-21-38-29-17-13-26(14-18-29)30-19-15-27(33(36)34(30)37)12-9-24-7-10-25(11-8-24)28-16-20-32(31(35)23-28)39-22-6-4-2/h4,7-8,10-11,13-20,23H,2-3,5-6,9,12,21-22H2,1H3. The fraction of sp³-hybridized carbons (Fsp3) is 0.235. The molecule has 0 spiro atoms. The summed E-state index contributed by atoms with van der Waals surface area (Å²) in [7, 11) is 0. The zero-order valence-corrected chi connectivity index (χ0v) is 22.2. The molecule has 2 nitrogen and oxygen atoms in total. The van der Waals surface area contributed by atoms with Gasteiger partial charge in [0.25, 0.3) is 0 Å². The molecule has 0 aliphatic carbocycles. The molecule has 202 valence electrons. The van der Waals surface area contributed by atoms with Gasteiger partial charge in [0, 0.05) is 5.56 Å². The van der Waals surface area contributed by atoms with Gasteiger partial charge in [-0.15, -0.1) is 6.58 Å². The lowest BCUT2D eigenvalue weighted by atomic mass is 9.97. The molecule has 0 aliphatic heterocycles. The Morgan fingerprint density at radius 1 is 0.718 bits per heavy atom. The average Bonchev–Trinajstić information content (AvgIpc) is 2.96. The van der Waals surface area contributed by atoms with Crippen molar-refractivity contribution in [3.05, 3.63) is 120 Å². The van der Waals surface area contributed by atoms with Gasteiger partial charge in [-0.05, 0) is 77.8 Å². The Balaban J connectivity index is 1.38. The summed E-state index contributed by atoms with van der Waals surface area (Å²) in [6.07, 6.45) is 5.28. The van der Waals surface area contributed by atoms with E-state index >= 15 is 0 Å². The maximum absolute atomic E-state index is 15.0. The van der Waals surface area contributed by atoms with Crippen molar-refractivity contribution in [3.8, 4) is 33.8 Å². The van der Waals surface area contributed by atoms with E-state index in [1.165, 1.54) is 6.07 Å². The Morgan fingerprint density at radius 2 is 1.44 bits per heavy atom. The minimum absolute atomic E-state index is 0.214. The van der Waals surface area contributed by atoms with Crippen LogP contribution in [-0.2, 0) is 12.8 Å².